The van der Waals surface area contributed by atoms with Crippen LogP contribution in [0.5, 0.6) is 11.5 Å². The first-order valence-electron chi connectivity index (χ1n) is 5.28. The molecule has 0 aliphatic rings. The molecule has 1 N–H and O–H groups in total. The van der Waals surface area contributed by atoms with E-state index in [9.17, 15) is 14.7 Å². The highest BCUT2D eigenvalue weighted by Crippen LogP contribution is 2.27. The van der Waals surface area contributed by atoms with E-state index < -0.39 is 11.9 Å². The van der Waals surface area contributed by atoms with Gasteiger partial charge >= 0.3 is 11.9 Å². The molecule has 0 aliphatic heterocycles. The summed E-state index contributed by atoms with van der Waals surface area (Å²) in [6, 6.07) is 4.43. The minimum absolute atomic E-state index is 0.106. The Morgan fingerprint density at radius 1 is 1.11 bits per heavy atom. The normalized spacial score (nSPS) is 9.42. The Morgan fingerprint density at radius 2 is 1.68 bits per heavy atom. The maximum Gasteiger partial charge on any atom is 0.345 e. The smallest absolute Gasteiger partial charge is 0.345 e. The fourth-order valence-corrected chi connectivity index (χ4v) is 1.38. The molecule has 0 fully saturated rings. The molecule has 0 radical (unpaired) electrons. The standard InChI is InChI=1S/C13H14O6/c1-17-11-5-4-8(7-10(11)14)6-9(12(15)18-2)13(16)19-3/h4-7,14H,1-3H3. The highest BCUT2D eigenvalue weighted by molar-refractivity contribution is 6.17. The zero-order valence-electron chi connectivity index (χ0n) is 10.8. The molecular formula is C13H14O6. The molecule has 0 aromatic heterocycles. The van der Waals surface area contributed by atoms with Gasteiger partial charge in [-0.2, -0.15) is 0 Å². The number of carbonyl (C=O) groups excluding carboxylic acids is 2. The number of hydrogen-bond donors (Lipinski definition) is 1. The molecule has 1 aromatic rings. The molecule has 6 nitrogen and oxygen atoms in total. The number of carbonyl (C=O) groups is 2. The van der Waals surface area contributed by atoms with Crippen molar-refractivity contribution in [2.45, 2.75) is 0 Å². The van der Waals surface area contributed by atoms with Crippen LogP contribution in [0.2, 0.25) is 0 Å². The van der Waals surface area contributed by atoms with Gasteiger partial charge in [-0.05, 0) is 23.8 Å². The Bertz CT molecular complexity index is 500. The summed E-state index contributed by atoms with van der Waals surface area (Å²) in [6.45, 7) is 0. The molecule has 1 aromatic carbocycles. The molecule has 0 atom stereocenters. The number of phenols is 1. The maximum atomic E-state index is 11.4. The number of phenolic OH excluding ortho intramolecular Hbond substituents is 1. The molecule has 19 heavy (non-hydrogen) atoms. The van der Waals surface area contributed by atoms with Crippen LogP contribution in [-0.4, -0.2) is 38.4 Å². The van der Waals surface area contributed by atoms with Crippen molar-refractivity contribution in [1.82, 2.24) is 0 Å². The van der Waals surface area contributed by atoms with Crippen LogP contribution in [-0.2, 0) is 19.1 Å². The van der Waals surface area contributed by atoms with E-state index in [0.717, 1.165) is 14.2 Å². The van der Waals surface area contributed by atoms with E-state index in [4.69, 9.17) is 4.74 Å². The second-order valence-corrected chi connectivity index (χ2v) is 3.47. The SMILES string of the molecule is COC(=O)C(=Cc1ccc(OC)c(O)c1)C(=O)OC. The monoisotopic (exact) mass is 266 g/mol. The van der Waals surface area contributed by atoms with E-state index in [2.05, 4.69) is 9.47 Å². The summed E-state index contributed by atoms with van der Waals surface area (Å²) in [7, 11) is 3.73. The van der Waals surface area contributed by atoms with Gasteiger partial charge in [-0.15, -0.1) is 0 Å². The highest BCUT2D eigenvalue weighted by atomic mass is 16.5. The molecule has 0 heterocycles. The largest absolute Gasteiger partial charge is 0.504 e. The van der Waals surface area contributed by atoms with Crippen LogP contribution >= 0.6 is 0 Å². The Balaban J connectivity index is 3.18. The van der Waals surface area contributed by atoms with Crippen LogP contribution in [0, 0.1) is 0 Å². The maximum absolute atomic E-state index is 11.4. The number of ether oxygens (including phenoxy) is 3. The number of hydrogen-bond acceptors (Lipinski definition) is 6. The molecule has 0 amide bonds. The number of esters is 2. The zero-order valence-corrected chi connectivity index (χ0v) is 10.8. The number of methoxy groups -OCH3 is 3. The van der Waals surface area contributed by atoms with E-state index >= 15 is 0 Å². The van der Waals surface area contributed by atoms with Gasteiger partial charge in [0.1, 0.15) is 5.57 Å². The van der Waals surface area contributed by atoms with Crippen LogP contribution in [0.3, 0.4) is 0 Å². The third-order valence-corrected chi connectivity index (χ3v) is 2.32. The summed E-state index contributed by atoms with van der Waals surface area (Å²) >= 11 is 0. The van der Waals surface area contributed by atoms with Gasteiger partial charge in [0.25, 0.3) is 0 Å². The van der Waals surface area contributed by atoms with E-state index in [1.165, 1.54) is 25.3 Å². The third-order valence-electron chi connectivity index (χ3n) is 2.32. The third kappa shape index (κ3) is 3.48. The van der Waals surface area contributed by atoms with Gasteiger partial charge in [0.2, 0.25) is 0 Å². The van der Waals surface area contributed by atoms with Crippen molar-refractivity contribution < 1.29 is 28.9 Å². The second kappa shape index (κ2) is 6.44. The molecule has 102 valence electrons. The molecule has 0 saturated heterocycles. The summed E-state index contributed by atoms with van der Waals surface area (Å²) in [5.41, 5.74) is 0.165. The van der Waals surface area contributed by atoms with Crippen LogP contribution in [0.25, 0.3) is 6.08 Å². The van der Waals surface area contributed by atoms with Gasteiger partial charge in [0.15, 0.2) is 11.5 Å². The molecule has 0 saturated carbocycles. The molecule has 1 rings (SSSR count). The molecule has 0 unspecified atom stereocenters. The van der Waals surface area contributed by atoms with Crippen molar-refractivity contribution in [3.8, 4) is 11.5 Å². The fourth-order valence-electron chi connectivity index (χ4n) is 1.38. The summed E-state index contributed by atoms with van der Waals surface area (Å²) in [5.74, 6) is -1.45. The number of rotatable bonds is 4. The Kier molecular flexibility index (Phi) is 4.93. The summed E-state index contributed by atoms with van der Waals surface area (Å²) in [6.07, 6.45) is 1.26. The van der Waals surface area contributed by atoms with Gasteiger partial charge < -0.3 is 19.3 Å². The topological polar surface area (TPSA) is 82.1 Å². The van der Waals surface area contributed by atoms with Crippen molar-refractivity contribution in [3.05, 3.63) is 29.3 Å². The number of aromatic hydroxyl groups is 1. The van der Waals surface area contributed by atoms with Crippen LogP contribution < -0.4 is 4.74 Å². The van der Waals surface area contributed by atoms with Gasteiger partial charge in [-0.1, -0.05) is 6.07 Å². The number of benzene rings is 1. The molecular weight excluding hydrogens is 252 g/mol. The molecule has 0 spiro atoms. The van der Waals surface area contributed by atoms with Crippen molar-refractivity contribution >= 4 is 18.0 Å². The average Bonchev–Trinajstić information content (AvgIpc) is 2.43. The predicted octanol–water partition coefficient (Wildman–Crippen LogP) is 1.13. The Hall–Kier alpha value is -2.50. The lowest BCUT2D eigenvalue weighted by molar-refractivity contribution is -0.143. The van der Waals surface area contributed by atoms with Gasteiger partial charge in [-0.25, -0.2) is 9.59 Å². The molecule has 6 heteroatoms. The minimum Gasteiger partial charge on any atom is -0.504 e. The van der Waals surface area contributed by atoms with E-state index in [1.54, 1.807) is 6.07 Å². The first-order chi connectivity index (χ1) is 9.03. The van der Waals surface area contributed by atoms with Gasteiger partial charge in [-0.3, -0.25) is 0 Å². The lowest BCUT2D eigenvalue weighted by atomic mass is 10.1. The average molecular weight is 266 g/mol. The Morgan fingerprint density at radius 3 is 2.11 bits per heavy atom. The van der Waals surface area contributed by atoms with Gasteiger partial charge in [0, 0.05) is 0 Å². The van der Waals surface area contributed by atoms with E-state index in [0.29, 0.717) is 5.56 Å². The van der Waals surface area contributed by atoms with E-state index in [-0.39, 0.29) is 17.1 Å². The van der Waals surface area contributed by atoms with E-state index in [1.807, 2.05) is 0 Å². The second-order valence-electron chi connectivity index (χ2n) is 3.47. The minimum atomic E-state index is -0.817. The zero-order chi connectivity index (χ0) is 14.4. The van der Waals surface area contributed by atoms with Crippen LogP contribution in [0.1, 0.15) is 5.56 Å². The lowest BCUT2D eigenvalue weighted by Crippen LogP contribution is -2.15. The van der Waals surface area contributed by atoms with Crippen LogP contribution in [0.4, 0.5) is 0 Å². The van der Waals surface area contributed by atoms with Crippen LogP contribution in [0.15, 0.2) is 23.8 Å². The Labute approximate surface area is 110 Å². The summed E-state index contributed by atoms with van der Waals surface area (Å²) in [5, 5.41) is 9.61. The van der Waals surface area contributed by atoms with Crippen molar-refractivity contribution in [2.24, 2.45) is 0 Å². The molecule has 0 bridgehead atoms. The fraction of sp³-hybridized carbons (Fsp3) is 0.231. The van der Waals surface area contributed by atoms with Crippen molar-refractivity contribution in [3.63, 3.8) is 0 Å². The predicted molar refractivity (Wildman–Crippen MR) is 66.7 cm³/mol. The van der Waals surface area contributed by atoms with Crippen molar-refractivity contribution in [1.29, 1.82) is 0 Å². The quantitative estimate of drug-likeness (QED) is 0.381. The van der Waals surface area contributed by atoms with Gasteiger partial charge in [0.05, 0.1) is 21.3 Å². The lowest BCUT2D eigenvalue weighted by Gasteiger charge is -2.06. The highest BCUT2D eigenvalue weighted by Gasteiger charge is 2.19. The van der Waals surface area contributed by atoms with Crippen molar-refractivity contribution in [2.75, 3.05) is 21.3 Å². The summed E-state index contributed by atoms with van der Waals surface area (Å²) < 4.78 is 13.9. The first kappa shape index (κ1) is 14.6. The first-order valence-corrected chi connectivity index (χ1v) is 5.28. The molecule has 0 aliphatic carbocycles. The summed E-state index contributed by atoms with van der Waals surface area (Å²) in [4.78, 5) is 22.9.